The maximum absolute atomic E-state index is 5.96. The molecule has 3 rings (SSSR count). The van der Waals surface area contributed by atoms with E-state index < -0.39 is 0 Å². The zero-order valence-corrected chi connectivity index (χ0v) is 12.0. The predicted molar refractivity (Wildman–Crippen MR) is 76.5 cm³/mol. The van der Waals surface area contributed by atoms with Gasteiger partial charge in [0, 0.05) is 19.2 Å². The van der Waals surface area contributed by atoms with Crippen LogP contribution in [0.3, 0.4) is 0 Å². The summed E-state index contributed by atoms with van der Waals surface area (Å²) >= 11 is 5.96. The molecule has 0 radical (unpaired) electrons. The second kappa shape index (κ2) is 5.47. The second-order valence-corrected chi connectivity index (χ2v) is 5.72. The molecule has 1 saturated heterocycles. The lowest BCUT2D eigenvalue weighted by atomic mass is 9.94. The van der Waals surface area contributed by atoms with Gasteiger partial charge in [-0.1, -0.05) is 18.5 Å². The van der Waals surface area contributed by atoms with E-state index >= 15 is 0 Å². The summed E-state index contributed by atoms with van der Waals surface area (Å²) < 4.78 is 1.78. The first-order valence-corrected chi connectivity index (χ1v) is 7.35. The Labute approximate surface area is 118 Å². The molecule has 1 aliphatic heterocycles. The van der Waals surface area contributed by atoms with E-state index in [1.54, 1.807) is 4.52 Å². The number of aromatic nitrogens is 3. The molecular formula is C14H19ClN4. The average Bonchev–Trinajstić information content (AvgIpc) is 2.80. The lowest BCUT2D eigenvalue weighted by molar-refractivity contribution is 0.181. The van der Waals surface area contributed by atoms with Gasteiger partial charge in [0.15, 0.2) is 11.5 Å². The van der Waals surface area contributed by atoms with Crippen molar-refractivity contribution in [2.45, 2.75) is 26.2 Å². The van der Waals surface area contributed by atoms with Crippen molar-refractivity contribution in [2.75, 3.05) is 19.6 Å². The molecule has 1 atom stereocenters. The van der Waals surface area contributed by atoms with Gasteiger partial charge in [0.25, 0.3) is 0 Å². The van der Waals surface area contributed by atoms with E-state index in [0.717, 1.165) is 24.4 Å². The van der Waals surface area contributed by atoms with E-state index in [4.69, 9.17) is 11.6 Å². The van der Waals surface area contributed by atoms with Crippen LogP contribution in [0.4, 0.5) is 0 Å². The van der Waals surface area contributed by atoms with Gasteiger partial charge < -0.3 is 4.90 Å². The number of fused-ring (bicyclic) bond motifs is 1. The summed E-state index contributed by atoms with van der Waals surface area (Å²) in [6, 6.07) is 3.77. The van der Waals surface area contributed by atoms with Gasteiger partial charge in [-0.25, -0.2) is 9.50 Å². The van der Waals surface area contributed by atoms with Gasteiger partial charge >= 0.3 is 0 Å². The molecule has 0 bridgehead atoms. The molecule has 3 heterocycles. The molecule has 1 aliphatic rings. The average molecular weight is 279 g/mol. The van der Waals surface area contributed by atoms with E-state index in [1.807, 2.05) is 18.3 Å². The molecule has 0 amide bonds. The van der Waals surface area contributed by atoms with Gasteiger partial charge in [0.1, 0.15) is 0 Å². The summed E-state index contributed by atoms with van der Waals surface area (Å²) in [6.07, 6.45) is 5.35. The number of hydrogen-bond acceptors (Lipinski definition) is 3. The largest absolute Gasteiger partial charge is 0.303 e. The Morgan fingerprint density at radius 1 is 1.42 bits per heavy atom. The zero-order valence-electron chi connectivity index (χ0n) is 11.2. The Hall–Kier alpha value is -1.13. The maximum atomic E-state index is 5.96. The number of halogens is 1. The summed E-state index contributed by atoms with van der Waals surface area (Å²) in [4.78, 5) is 7.09. The summed E-state index contributed by atoms with van der Waals surface area (Å²) in [5, 5.41) is 5.21. The van der Waals surface area contributed by atoms with Crippen molar-refractivity contribution in [3.05, 3.63) is 29.2 Å². The Kier molecular flexibility index (Phi) is 3.71. The van der Waals surface area contributed by atoms with E-state index in [9.17, 15) is 0 Å². The van der Waals surface area contributed by atoms with Crippen LogP contribution in [0.1, 0.15) is 25.6 Å². The summed E-state index contributed by atoms with van der Waals surface area (Å²) in [7, 11) is 0. The number of piperidine rings is 1. The van der Waals surface area contributed by atoms with Crippen LogP contribution in [-0.2, 0) is 6.42 Å². The third kappa shape index (κ3) is 2.90. The molecule has 5 heteroatoms. The first-order valence-electron chi connectivity index (χ1n) is 6.98. The highest BCUT2D eigenvalue weighted by molar-refractivity contribution is 6.30. The van der Waals surface area contributed by atoms with Crippen molar-refractivity contribution in [1.29, 1.82) is 0 Å². The third-order valence-electron chi connectivity index (χ3n) is 3.86. The Morgan fingerprint density at radius 2 is 2.32 bits per heavy atom. The summed E-state index contributed by atoms with van der Waals surface area (Å²) in [5.41, 5.74) is 0.877. The highest BCUT2D eigenvalue weighted by Gasteiger charge is 2.20. The number of likely N-dealkylation sites (tertiary alicyclic amines) is 1. The van der Waals surface area contributed by atoms with Crippen LogP contribution in [0, 0.1) is 5.92 Å². The van der Waals surface area contributed by atoms with Crippen LogP contribution < -0.4 is 0 Å². The Morgan fingerprint density at radius 3 is 3.16 bits per heavy atom. The first-order chi connectivity index (χ1) is 9.24. The monoisotopic (exact) mass is 278 g/mol. The minimum atomic E-state index is 0.682. The molecular weight excluding hydrogens is 260 g/mol. The van der Waals surface area contributed by atoms with Gasteiger partial charge in [-0.15, -0.1) is 0 Å². The first kappa shape index (κ1) is 12.9. The fraction of sp³-hybridized carbons (Fsp3) is 0.571. The summed E-state index contributed by atoms with van der Waals surface area (Å²) in [5.74, 6) is 1.62. The van der Waals surface area contributed by atoms with Crippen molar-refractivity contribution in [2.24, 2.45) is 5.92 Å². The molecule has 0 spiro atoms. The van der Waals surface area contributed by atoms with Crippen molar-refractivity contribution in [1.82, 2.24) is 19.5 Å². The number of hydrogen-bond donors (Lipinski definition) is 0. The van der Waals surface area contributed by atoms with Gasteiger partial charge in [-0.05, 0) is 44.0 Å². The molecule has 2 aromatic heterocycles. The standard InChI is InChI=1S/C14H19ClN4/c1-2-18-7-3-4-11(9-18)8-13-16-14-6-5-12(15)10-19(14)17-13/h5-6,10-11H,2-4,7-9H2,1H3. The predicted octanol–water partition coefficient (Wildman–Crippen LogP) is 2.66. The van der Waals surface area contributed by atoms with Crippen LogP contribution >= 0.6 is 11.6 Å². The van der Waals surface area contributed by atoms with Crippen LogP contribution in [0.2, 0.25) is 5.02 Å². The molecule has 102 valence electrons. The molecule has 2 aromatic rings. The Balaban J connectivity index is 1.74. The van der Waals surface area contributed by atoms with E-state index in [-0.39, 0.29) is 0 Å². The van der Waals surface area contributed by atoms with Crippen molar-refractivity contribution in [3.63, 3.8) is 0 Å². The molecule has 0 aromatic carbocycles. The maximum Gasteiger partial charge on any atom is 0.155 e. The number of pyridine rings is 1. The number of nitrogens with zero attached hydrogens (tertiary/aromatic N) is 4. The molecule has 19 heavy (non-hydrogen) atoms. The molecule has 1 unspecified atom stereocenters. The molecule has 0 N–H and O–H groups in total. The van der Waals surface area contributed by atoms with Crippen molar-refractivity contribution >= 4 is 17.2 Å². The quantitative estimate of drug-likeness (QED) is 0.865. The van der Waals surface area contributed by atoms with Crippen LogP contribution in [0.25, 0.3) is 5.65 Å². The van der Waals surface area contributed by atoms with Crippen molar-refractivity contribution in [3.8, 4) is 0 Å². The van der Waals surface area contributed by atoms with E-state index in [1.165, 1.54) is 25.9 Å². The van der Waals surface area contributed by atoms with Gasteiger partial charge in [-0.2, -0.15) is 5.10 Å². The summed E-state index contributed by atoms with van der Waals surface area (Å²) in [6.45, 7) is 5.78. The number of rotatable bonds is 3. The minimum Gasteiger partial charge on any atom is -0.303 e. The topological polar surface area (TPSA) is 33.4 Å². The molecule has 0 saturated carbocycles. The van der Waals surface area contributed by atoms with Crippen LogP contribution in [-0.4, -0.2) is 39.1 Å². The molecule has 0 aliphatic carbocycles. The van der Waals surface area contributed by atoms with Crippen molar-refractivity contribution < 1.29 is 0 Å². The second-order valence-electron chi connectivity index (χ2n) is 5.28. The zero-order chi connectivity index (χ0) is 13.2. The molecule has 4 nitrogen and oxygen atoms in total. The lowest BCUT2D eigenvalue weighted by Gasteiger charge is -2.31. The van der Waals surface area contributed by atoms with E-state index in [0.29, 0.717) is 10.9 Å². The lowest BCUT2D eigenvalue weighted by Crippen LogP contribution is -2.36. The van der Waals surface area contributed by atoms with Gasteiger partial charge in [-0.3, -0.25) is 0 Å². The fourth-order valence-corrected chi connectivity index (χ4v) is 3.01. The highest BCUT2D eigenvalue weighted by Crippen LogP contribution is 2.20. The Bertz CT molecular complexity index is 566. The smallest absolute Gasteiger partial charge is 0.155 e. The minimum absolute atomic E-state index is 0.682. The molecule has 1 fully saturated rings. The van der Waals surface area contributed by atoms with Gasteiger partial charge in [0.2, 0.25) is 0 Å². The highest BCUT2D eigenvalue weighted by atomic mass is 35.5. The fourth-order valence-electron chi connectivity index (χ4n) is 2.85. The van der Waals surface area contributed by atoms with E-state index in [2.05, 4.69) is 21.9 Å². The SMILES string of the molecule is CCN1CCCC(Cc2nc3ccc(Cl)cn3n2)C1. The normalized spacial score (nSPS) is 21.1. The van der Waals surface area contributed by atoms with Gasteiger partial charge in [0.05, 0.1) is 5.02 Å². The van der Waals surface area contributed by atoms with Crippen LogP contribution in [0.15, 0.2) is 18.3 Å². The third-order valence-corrected chi connectivity index (χ3v) is 4.08. The van der Waals surface area contributed by atoms with Crippen LogP contribution in [0.5, 0.6) is 0 Å².